The van der Waals surface area contributed by atoms with Gasteiger partial charge in [0, 0.05) is 0 Å². The van der Waals surface area contributed by atoms with E-state index >= 15 is 0 Å². The molecule has 0 spiro atoms. The Morgan fingerprint density at radius 2 is 2.07 bits per heavy atom. The van der Waals surface area contributed by atoms with Gasteiger partial charge in [-0.05, 0) is 24.6 Å². The van der Waals surface area contributed by atoms with Crippen molar-refractivity contribution < 1.29 is 14.3 Å². The lowest BCUT2D eigenvalue weighted by molar-refractivity contribution is -0.134. The van der Waals surface area contributed by atoms with E-state index in [1.807, 2.05) is 0 Å². The summed E-state index contributed by atoms with van der Waals surface area (Å²) in [5.41, 5.74) is 0.430. The maximum absolute atomic E-state index is 10.8. The van der Waals surface area contributed by atoms with E-state index in [0.29, 0.717) is 5.57 Å². The maximum Gasteiger partial charge on any atom is 0.333 e. The zero-order chi connectivity index (χ0) is 11.9. The Morgan fingerprint density at radius 3 is 2.33 bits per heavy atom. The summed E-state index contributed by atoms with van der Waals surface area (Å²) >= 11 is 0. The van der Waals surface area contributed by atoms with E-state index in [4.69, 9.17) is 9.53 Å². The van der Waals surface area contributed by atoms with Crippen molar-refractivity contribution in [3.05, 3.63) is 11.6 Å². The molecule has 0 saturated carbocycles. The van der Waals surface area contributed by atoms with Crippen molar-refractivity contribution in [1.29, 1.82) is 0 Å². The molecule has 0 fully saturated rings. The Hall–Kier alpha value is -0.613. The maximum atomic E-state index is 10.8. The summed E-state index contributed by atoms with van der Waals surface area (Å²) in [5, 5.41) is 9.00. The Labute approximate surface area is 92.3 Å². The molecule has 4 heteroatoms. The number of carbonyl (C=O) groups is 1. The molecular formula is C11H20O3Si. The van der Waals surface area contributed by atoms with E-state index < -0.39 is 14.3 Å². The van der Waals surface area contributed by atoms with Crippen LogP contribution in [0.2, 0.25) is 18.1 Å². The normalized spacial score (nSPS) is 21.9. The lowest BCUT2D eigenvalue weighted by Gasteiger charge is -2.41. The summed E-state index contributed by atoms with van der Waals surface area (Å²) in [6.45, 7) is 10.8. The number of carboxylic acid groups (broad SMARTS) is 1. The highest BCUT2D eigenvalue weighted by atomic mass is 28.4. The number of rotatable bonds is 3. The highest BCUT2D eigenvalue weighted by molar-refractivity contribution is 6.74. The van der Waals surface area contributed by atoms with Gasteiger partial charge in [0.15, 0.2) is 8.32 Å². The van der Waals surface area contributed by atoms with Crippen molar-refractivity contribution in [3.63, 3.8) is 0 Å². The van der Waals surface area contributed by atoms with Crippen LogP contribution in [-0.2, 0) is 9.22 Å². The first-order valence-electron chi connectivity index (χ1n) is 5.26. The van der Waals surface area contributed by atoms with Crippen LogP contribution in [0.15, 0.2) is 11.6 Å². The molecule has 1 aliphatic rings. The molecule has 1 rings (SSSR count). The first kappa shape index (κ1) is 12.5. The molecule has 1 N–H and O–H groups in total. The summed E-state index contributed by atoms with van der Waals surface area (Å²) in [6, 6.07) is 0. The van der Waals surface area contributed by atoms with Crippen molar-refractivity contribution in [3.8, 4) is 0 Å². The van der Waals surface area contributed by atoms with Crippen molar-refractivity contribution >= 4 is 14.3 Å². The van der Waals surface area contributed by atoms with Gasteiger partial charge in [0.2, 0.25) is 0 Å². The highest BCUT2D eigenvalue weighted by Gasteiger charge is 2.42. The molecule has 3 nitrogen and oxygen atoms in total. The van der Waals surface area contributed by atoms with Gasteiger partial charge in [0.25, 0.3) is 0 Å². The van der Waals surface area contributed by atoms with Crippen LogP contribution < -0.4 is 0 Å². The standard InChI is InChI=1S/C11H20O3Si/c1-11(2,3)15(4,5)14-9-7-6-8(9)10(12)13/h6,9H,7H2,1-5H3,(H,12,13). The molecule has 15 heavy (non-hydrogen) atoms. The van der Waals surface area contributed by atoms with Crippen LogP contribution in [0.4, 0.5) is 0 Å². The quantitative estimate of drug-likeness (QED) is 0.756. The van der Waals surface area contributed by atoms with Gasteiger partial charge in [0.05, 0.1) is 11.7 Å². The molecular weight excluding hydrogens is 208 g/mol. The molecule has 0 amide bonds. The summed E-state index contributed by atoms with van der Waals surface area (Å²) in [7, 11) is -1.83. The molecule has 0 radical (unpaired) electrons. The smallest absolute Gasteiger partial charge is 0.333 e. The fraction of sp³-hybridized carbons (Fsp3) is 0.727. The Kier molecular flexibility index (Phi) is 3.12. The molecule has 86 valence electrons. The monoisotopic (exact) mass is 228 g/mol. The molecule has 1 atom stereocenters. The Bertz CT molecular complexity index is 299. The Balaban J connectivity index is 2.66. The van der Waals surface area contributed by atoms with E-state index in [1.165, 1.54) is 0 Å². The van der Waals surface area contributed by atoms with Crippen LogP contribution in [0.1, 0.15) is 27.2 Å². The van der Waals surface area contributed by atoms with Crippen molar-refractivity contribution in [2.75, 3.05) is 0 Å². The van der Waals surface area contributed by atoms with Gasteiger partial charge in [-0.25, -0.2) is 4.79 Å². The second-order valence-corrected chi connectivity index (χ2v) is 10.3. The van der Waals surface area contributed by atoms with Gasteiger partial charge in [-0.15, -0.1) is 0 Å². The first-order chi connectivity index (χ1) is 6.65. The van der Waals surface area contributed by atoms with Gasteiger partial charge in [-0.2, -0.15) is 0 Å². The SMILES string of the molecule is CC(C)(C)[Si](C)(C)OC1CC=C1C(=O)O. The van der Waals surface area contributed by atoms with Crippen LogP contribution in [0, 0.1) is 0 Å². The molecule has 0 aliphatic heterocycles. The minimum absolute atomic E-state index is 0.131. The second-order valence-electron chi connectivity index (χ2n) is 5.57. The first-order valence-corrected chi connectivity index (χ1v) is 8.17. The molecule has 0 aromatic rings. The number of carboxylic acids is 1. The van der Waals surface area contributed by atoms with Gasteiger partial charge >= 0.3 is 5.97 Å². The molecule has 0 bridgehead atoms. The number of hydrogen-bond donors (Lipinski definition) is 1. The summed E-state index contributed by atoms with van der Waals surface area (Å²) in [6.07, 6.45) is 2.30. The zero-order valence-electron chi connectivity index (χ0n) is 10.1. The zero-order valence-corrected chi connectivity index (χ0v) is 11.1. The average Bonchev–Trinajstić information content (AvgIpc) is 1.94. The average molecular weight is 228 g/mol. The summed E-state index contributed by atoms with van der Waals surface area (Å²) in [4.78, 5) is 10.8. The summed E-state index contributed by atoms with van der Waals surface area (Å²) < 4.78 is 6.00. The molecule has 0 heterocycles. The second kappa shape index (κ2) is 3.76. The molecule has 1 unspecified atom stereocenters. The number of aliphatic carboxylic acids is 1. The molecule has 0 aromatic carbocycles. The Morgan fingerprint density at radius 1 is 1.53 bits per heavy atom. The lowest BCUT2D eigenvalue weighted by Crippen LogP contribution is -2.46. The topological polar surface area (TPSA) is 46.5 Å². The summed E-state index contributed by atoms with van der Waals surface area (Å²) in [5.74, 6) is -0.843. The molecule has 0 aromatic heterocycles. The highest BCUT2D eigenvalue weighted by Crippen LogP contribution is 2.39. The largest absolute Gasteiger partial charge is 0.478 e. The predicted octanol–water partition coefficient (Wildman–Crippen LogP) is 2.79. The molecule has 0 saturated heterocycles. The van der Waals surface area contributed by atoms with Crippen molar-refractivity contribution in [1.82, 2.24) is 0 Å². The van der Waals surface area contributed by atoms with E-state index in [2.05, 4.69) is 33.9 Å². The predicted molar refractivity (Wildman–Crippen MR) is 62.4 cm³/mol. The van der Waals surface area contributed by atoms with E-state index in [9.17, 15) is 4.79 Å². The minimum atomic E-state index is -1.83. The van der Waals surface area contributed by atoms with Crippen molar-refractivity contribution in [2.45, 2.75) is 51.4 Å². The minimum Gasteiger partial charge on any atom is -0.478 e. The van der Waals surface area contributed by atoms with Crippen LogP contribution in [-0.4, -0.2) is 25.5 Å². The third-order valence-corrected chi connectivity index (χ3v) is 7.87. The fourth-order valence-corrected chi connectivity index (χ4v) is 2.49. The van der Waals surface area contributed by atoms with Crippen molar-refractivity contribution in [2.24, 2.45) is 0 Å². The van der Waals surface area contributed by atoms with Gasteiger partial charge < -0.3 is 9.53 Å². The molecule has 1 aliphatic carbocycles. The van der Waals surface area contributed by atoms with Gasteiger partial charge in [-0.3, -0.25) is 0 Å². The van der Waals surface area contributed by atoms with E-state index in [1.54, 1.807) is 6.08 Å². The van der Waals surface area contributed by atoms with Gasteiger partial charge in [0.1, 0.15) is 0 Å². The van der Waals surface area contributed by atoms with Crippen LogP contribution in [0.5, 0.6) is 0 Å². The third kappa shape index (κ3) is 2.49. The van der Waals surface area contributed by atoms with Crippen LogP contribution >= 0.6 is 0 Å². The lowest BCUT2D eigenvalue weighted by atomic mass is 9.96. The van der Waals surface area contributed by atoms with E-state index in [0.717, 1.165) is 6.42 Å². The van der Waals surface area contributed by atoms with Crippen LogP contribution in [0.3, 0.4) is 0 Å². The fourth-order valence-electron chi connectivity index (χ4n) is 1.20. The third-order valence-electron chi connectivity index (χ3n) is 3.39. The number of hydrogen-bond acceptors (Lipinski definition) is 2. The van der Waals surface area contributed by atoms with Crippen LogP contribution in [0.25, 0.3) is 0 Å². The van der Waals surface area contributed by atoms with E-state index in [-0.39, 0.29) is 11.1 Å². The van der Waals surface area contributed by atoms with Gasteiger partial charge in [-0.1, -0.05) is 26.8 Å².